The molecule has 1 aliphatic heterocycles. The third-order valence-corrected chi connectivity index (χ3v) is 5.94. The summed E-state index contributed by atoms with van der Waals surface area (Å²) in [5.41, 5.74) is 6.38. The number of nitrogens with zero attached hydrogens (tertiary/aromatic N) is 4. The van der Waals surface area contributed by atoms with Gasteiger partial charge in [-0.3, -0.25) is 10.2 Å². The number of benzene rings is 1. The summed E-state index contributed by atoms with van der Waals surface area (Å²) in [6.45, 7) is 7.21. The summed E-state index contributed by atoms with van der Waals surface area (Å²) in [6.07, 6.45) is 3.48. The second-order valence-corrected chi connectivity index (χ2v) is 9.28. The van der Waals surface area contributed by atoms with Gasteiger partial charge in [0.05, 0.1) is 11.4 Å². The summed E-state index contributed by atoms with van der Waals surface area (Å²) in [4.78, 5) is 24.7. The first-order valence-corrected chi connectivity index (χ1v) is 10.8. The zero-order valence-electron chi connectivity index (χ0n) is 18.8. The van der Waals surface area contributed by atoms with Crippen LogP contribution >= 0.6 is 0 Å². The summed E-state index contributed by atoms with van der Waals surface area (Å²) in [7, 11) is 0. The molecule has 0 atom stereocenters. The van der Waals surface area contributed by atoms with Gasteiger partial charge in [0.25, 0.3) is 5.91 Å². The van der Waals surface area contributed by atoms with Gasteiger partial charge in [-0.2, -0.15) is 0 Å². The molecule has 4 rings (SSSR count). The van der Waals surface area contributed by atoms with Gasteiger partial charge in [0.2, 0.25) is 0 Å². The molecule has 170 valence electrons. The zero-order valence-corrected chi connectivity index (χ0v) is 18.8. The Hall–Kier alpha value is -3.20. The Morgan fingerprint density at radius 1 is 1.19 bits per heavy atom. The maximum Gasteiger partial charge on any atom is 0.254 e. The molecule has 32 heavy (non-hydrogen) atoms. The number of aromatic nitrogens is 2. The minimum absolute atomic E-state index is 0.119. The largest absolute Gasteiger partial charge is 0.488 e. The normalized spacial score (nSPS) is 17.8. The van der Waals surface area contributed by atoms with E-state index in [1.165, 1.54) is 20.2 Å². The summed E-state index contributed by atoms with van der Waals surface area (Å²) in [5, 5.41) is 18.7. The molecule has 0 spiro atoms. The van der Waals surface area contributed by atoms with E-state index in [0.29, 0.717) is 54.7 Å². The van der Waals surface area contributed by atoms with Crippen molar-refractivity contribution in [3.63, 3.8) is 0 Å². The van der Waals surface area contributed by atoms with Crippen LogP contribution in [0.15, 0.2) is 30.6 Å². The lowest BCUT2D eigenvalue weighted by Crippen LogP contribution is -2.54. The van der Waals surface area contributed by atoms with Gasteiger partial charge in [0.15, 0.2) is 0 Å². The van der Waals surface area contributed by atoms with Gasteiger partial charge in [-0.1, -0.05) is 0 Å². The number of rotatable bonds is 6. The van der Waals surface area contributed by atoms with Crippen molar-refractivity contribution in [3.05, 3.63) is 41.9 Å². The Morgan fingerprint density at radius 2 is 1.88 bits per heavy atom. The third-order valence-electron chi connectivity index (χ3n) is 5.94. The lowest BCUT2D eigenvalue weighted by molar-refractivity contribution is -0.148. The van der Waals surface area contributed by atoms with Crippen LogP contribution in [0.25, 0.3) is 0 Å². The van der Waals surface area contributed by atoms with Crippen molar-refractivity contribution >= 4 is 23.1 Å². The lowest BCUT2D eigenvalue weighted by atomic mass is 10.0. The molecule has 2 fully saturated rings. The van der Waals surface area contributed by atoms with E-state index < -0.39 is 5.60 Å². The van der Waals surface area contributed by atoms with Crippen LogP contribution in [0.5, 0.6) is 5.75 Å². The number of hydrogen-bond acceptors (Lipinski definition) is 8. The van der Waals surface area contributed by atoms with Gasteiger partial charge in [0.1, 0.15) is 29.1 Å². The monoisotopic (exact) mass is 438 g/mol. The molecule has 2 aliphatic rings. The summed E-state index contributed by atoms with van der Waals surface area (Å²) in [5.74, 6) is 1.10. The highest BCUT2D eigenvalue weighted by Crippen LogP contribution is 2.40. The second kappa shape index (κ2) is 8.05. The molecule has 1 aromatic carbocycles. The first-order valence-electron chi connectivity index (χ1n) is 10.8. The fourth-order valence-corrected chi connectivity index (χ4v) is 3.70. The predicted molar refractivity (Wildman–Crippen MR) is 122 cm³/mol. The molecular weight excluding hydrogens is 408 g/mol. The molecule has 9 heteroatoms. The van der Waals surface area contributed by atoms with Crippen LogP contribution in [0, 0.1) is 5.41 Å². The highest BCUT2D eigenvalue weighted by Gasteiger charge is 2.40. The fraction of sp³-hybridized carbons (Fsp3) is 0.478. The van der Waals surface area contributed by atoms with Crippen LogP contribution in [-0.4, -0.2) is 69.0 Å². The summed E-state index contributed by atoms with van der Waals surface area (Å²) < 4.78 is 6.02. The molecule has 1 saturated carbocycles. The second-order valence-electron chi connectivity index (χ2n) is 9.28. The number of nitrogens with one attached hydrogen (secondary N) is 1. The third kappa shape index (κ3) is 4.67. The molecule has 1 aromatic heterocycles. The molecule has 9 nitrogen and oxygen atoms in total. The van der Waals surface area contributed by atoms with E-state index in [1.807, 2.05) is 11.0 Å². The number of hydrogen-bond donors (Lipinski definition) is 3. The molecule has 0 radical (unpaired) electrons. The predicted octanol–water partition coefficient (Wildman–Crippen LogP) is 1.83. The smallest absolute Gasteiger partial charge is 0.254 e. The number of piperazine rings is 1. The van der Waals surface area contributed by atoms with E-state index in [-0.39, 0.29) is 17.2 Å². The maximum absolute atomic E-state index is 12.3. The first kappa shape index (κ1) is 22.0. The molecule has 2 heterocycles. The average Bonchev–Trinajstić information content (AvgIpc) is 3.50. The van der Waals surface area contributed by atoms with Gasteiger partial charge in [0, 0.05) is 43.5 Å². The summed E-state index contributed by atoms with van der Waals surface area (Å²) >= 11 is 0. The first-order chi connectivity index (χ1) is 15.1. The molecule has 0 unspecified atom stereocenters. The van der Waals surface area contributed by atoms with Crippen molar-refractivity contribution in [2.75, 3.05) is 36.8 Å². The molecular formula is C23H30N6O3. The number of carbonyl (C=O) groups is 1. The minimum atomic E-state index is -1.38. The van der Waals surface area contributed by atoms with E-state index in [1.54, 1.807) is 23.1 Å². The number of amides is 1. The molecule has 1 saturated heterocycles. The molecule has 2 aromatic rings. The maximum atomic E-state index is 12.3. The van der Waals surface area contributed by atoms with Crippen molar-refractivity contribution in [3.8, 4) is 5.75 Å². The Morgan fingerprint density at radius 3 is 2.50 bits per heavy atom. The Bertz CT molecular complexity index is 1040. The van der Waals surface area contributed by atoms with Crippen molar-refractivity contribution in [2.45, 2.75) is 44.8 Å². The van der Waals surface area contributed by atoms with Crippen LogP contribution in [0.4, 0.5) is 11.5 Å². The van der Waals surface area contributed by atoms with Crippen LogP contribution in [0.1, 0.15) is 44.9 Å². The van der Waals surface area contributed by atoms with Crippen LogP contribution in [0.3, 0.4) is 0 Å². The van der Waals surface area contributed by atoms with Crippen LogP contribution in [0.2, 0.25) is 0 Å². The highest BCUT2D eigenvalue weighted by atomic mass is 16.5. The number of nitrogens with two attached hydrogens (primary N) is 1. The Balaban J connectivity index is 1.48. The van der Waals surface area contributed by atoms with E-state index in [9.17, 15) is 9.90 Å². The van der Waals surface area contributed by atoms with Crippen molar-refractivity contribution < 1.29 is 14.6 Å². The lowest BCUT2D eigenvalue weighted by Gasteiger charge is -2.37. The standard InChI is InChI=1S/C23H30N6O3/c1-22(2,31)21(30)29-10-8-28(9-11-29)19-13-18(26-14-27-19)20(25)16-12-15(4-5-17(16)24)32-23(3)6-7-23/h4-5,12-14,25,31H,6-11,24H2,1-3H3. The number of carbonyl (C=O) groups excluding carboxylic acids is 1. The minimum Gasteiger partial charge on any atom is -0.488 e. The van der Waals surface area contributed by atoms with Crippen LogP contribution < -0.4 is 15.4 Å². The van der Waals surface area contributed by atoms with Gasteiger partial charge in [-0.25, -0.2) is 9.97 Å². The van der Waals surface area contributed by atoms with E-state index in [0.717, 1.165) is 12.8 Å². The van der Waals surface area contributed by atoms with Gasteiger partial charge in [-0.05, 0) is 51.8 Å². The van der Waals surface area contributed by atoms with Gasteiger partial charge in [-0.15, -0.1) is 0 Å². The van der Waals surface area contributed by atoms with Crippen molar-refractivity contribution in [1.29, 1.82) is 5.41 Å². The molecule has 1 amide bonds. The Kier molecular flexibility index (Phi) is 5.54. The summed E-state index contributed by atoms with van der Waals surface area (Å²) in [6, 6.07) is 7.15. The van der Waals surface area contributed by atoms with Gasteiger partial charge < -0.3 is 25.4 Å². The Labute approximate surface area is 187 Å². The van der Waals surface area contributed by atoms with Crippen molar-refractivity contribution in [2.24, 2.45) is 0 Å². The SMILES string of the molecule is CC1(Oc2ccc(N)c(C(=N)c3cc(N4CCN(C(=O)C(C)(C)O)CC4)ncn3)c2)CC1. The van der Waals surface area contributed by atoms with E-state index in [2.05, 4.69) is 16.9 Å². The van der Waals surface area contributed by atoms with E-state index in [4.69, 9.17) is 15.9 Å². The molecule has 4 N–H and O–H groups in total. The topological polar surface area (TPSA) is 129 Å². The molecule has 0 bridgehead atoms. The number of ether oxygens (including phenoxy) is 1. The fourth-order valence-electron chi connectivity index (χ4n) is 3.70. The average molecular weight is 439 g/mol. The number of anilines is 2. The molecule has 1 aliphatic carbocycles. The number of nitrogen functional groups attached to an aromatic ring is 1. The van der Waals surface area contributed by atoms with Crippen molar-refractivity contribution in [1.82, 2.24) is 14.9 Å². The number of aliphatic hydroxyl groups is 1. The highest BCUT2D eigenvalue weighted by molar-refractivity contribution is 6.13. The quantitative estimate of drug-likeness (QED) is 0.463. The van der Waals surface area contributed by atoms with Crippen LogP contribution in [-0.2, 0) is 4.79 Å². The van der Waals surface area contributed by atoms with Gasteiger partial charge >= 0.3 is 0 Å². The zero-order chi connectivity index (χ0) is 23.1. The van der Waals surface area contributed by atoms with E-state index >= 15 is 0 Å².